The fourth-order valence-corrected chi connectivity index (χ4v) is 6.64. The van der Waals surface area contributed by atoms with Crippen LogP contribution in [0.15, 0.2) is 12.1 Å². The molecule has 0 saturated carbocycles. The molecule has 0 bridgehead atoms. The van der Waals surface area contributed by atoms with E-state index < -0.39 is 27.9 Å². The molecule has 31 heavy (non-hydrogen) atoms. The molecule has 2 fully saturated rings. The summed E-state index contributed by atoms with van der Waals surface area (Å²) in [4.78, 5) is 29.8. The van der Waals surface area contributed by atoms with Crippen LogP contribution in [0, 0.1) is 5.92 Å². The predicted octanol–water partition coefficient (Wildman–Crippen LogP) is 1.21. The number of ether oxygens (including phenoxy) is 1. The Morgan fingerprint density at radius 2 is 2.00 bits per heavy atom. The topological polar surface area (TPSA) is 104 Å². The quantitative estimate of drug-likeness (QED) is 0.555. The molecule has 11 heteroatoms. The Morgan fingerprint density at radius 3 is 2.61 bits per heavy atom. The Hall–Kier alpha value is -1.20. The third-order valence-corrected chi connectivity index (χ3v) is 8.76. The lowest BCUT2D eigenvalue weighted by Crippen LogP contribution is -2.56. The molecular formula is C20H29ClN2O6S2. The van der Waals surface area contributed by atoms with E-state index in [9.17, 15) is 23.1 Å². The number of sulfone groups is 1. The van der Waals surface area contributed by atoms with Crippen LogP contribution in [0.25, 0.3) is 0 Å². The molecule has 0 radical (unpaired) electrons. The minimum absolute atomic E-state index is 0.0142. The first kappa shape index (κ1) is 24.4. The molecule has 3 rings (SSSR count). The van der Waals surface area contributed by atoms with Crippen LogP contribution in [-0.2, 0) is 30.6 Å². The van der Waals surface area contributed by atoms with Gasteiger partial charge in [-0.3, -0.25) is 9.59 Å². The molecule has 2 saturated heterocycles. The molecule has 2 amide bonds. The number of amides is 2. The Morgan fingerprint density at radius 1 is 1.29 bits per heavy atom. The molecule has 0 aromatic carbocycles. The summed E-state index contributed by atoms with van der Waals surface area (Å²) in [5.41, 5.74) is 0. The molecule has 0 spiro atoms. The Bertz CT molecular complexity index is 882. The fourth-order valence-electron chi connectivity index (χ4n) is 4.04. The number of carbonyl (C=O) groups is 2. The van der Waals surface area contributed by atoms with Gasteiger partial charge in [-0.15, -0.1) is 11.3 Å². The number of morpholine rings is 1. The summed E-state index contributed by atoms with van der Waals surface area (Å²) in [5, 5.41) is 10.2. The van der Waals surface area contributed by atoms with E-state index >= 15 is 0 Å². The van der Waals surface area contributed by atoms with Crippen molar-refractivity contribution in [2.45, 2.75) is 38.3 Å². The maximum absolute atomic E-state index is 12.9. The van der Waals surface area contributed by atoms with Gasteiger partial charge in [-0.2, -0.15) is 0 Å². The van der Waals surface area contributed by atoms with Crippen molar-refractivity contribution in [3.63, 3.8) is 0 Å². The first-order valence-corrected chi connectivity index (χ1v) is 13.5. The standard InChI is InChI=1S/C20H29ClN2O6S2/c1-14(24)18(20(26)22-8-10-29-11-9-22)23-7-4-15(19(23)25)5-12-31(27,28)13-6-16-2-3-17(21)30-16/h2-3,14-15,18,24H,4-13H2,1H3/t14?,15-,18+/m1/s1. The number of carbonyl (C=O) groups excluding carboxylic acids is 2. The van der Waals surface area contributed by atoms with Gasteiger partial charge in [0.05, 0.1) is 35.2 Å². The molecule has 2 aliphatic heterocycles. The Balaban J connectivity index is 1.55. The molecule has 3 atom stereocenters. The van der Waals surface area contributed by atoms with E-state index in [-0.39, 0.29) is 29.7 Å². The largest absolute Gasteiger partial charge is 0.391 e. The van der Waals surface area contributed by atoms with E-state index in [1.54, 1.807) is 11.0 Å². The zero-order valence-corrected chi connectivity index (χ0v) is 19.9. The third-order valence-electron chi connectivity index (χ3n) is 5.78. The molecule has 174 valence electrons. The number of thiophene rings is 1. The van der Waals surface area contributed by atoms with Crippen molar-refractivity contribution in [3.8, 4) is 0 Å². The van der Waals surface area contributed by atoms with E-state index in [4.69, 9.17) is 16.3 Å². The van der Waals surface area contributed by atoms with E-state index in [0.717, 1.165) is 4.88 Å². The summed E-state index contributed by atoms with van der Waals surface area (Å²) >= 11 is 7.25. The summed E-state index contributed by atoms with van der Waals surface area (Å²) in [6.07, 6.45) is 0.0949. The van der Waals surface area contributed by atoms with Crippen molar-refractivity contribution in [1.29, 1.82) is 0 Å². The van der Waals surface area contributed by atoms with Crippen LogP contribution in [0.1, 0.15) is 24.6 Å². The van der Waals surface area contributed by atoms with Crippen molar-refractivity contribution in [1.82, 2.24) is 9.80 Å². The van der Waals surface area contributed by atoms with Crippen molar-refractivity contribution < 1.29 is 27.9 Å². The van der Waals surface area contributed by atoms with E-state index in [0.29, 0.717) is 50.0 Å². The van der Waals surface area contributed by atoms with E-state index in [1.807, 2.05) is 6.07 Å². The average Bonchev–Trinajstić information content (AvgIpc) is 3.31. The minimum Gasteiger partial charge on any atom is -0.391 e. The number of aliphatic hydroxyl groups is 1. The second-order valence-electron chi connectivity index (χ2n) is 8.04. The van der Waals surface area contributed by atoms with E-state index in [2.05, 4.69) is 0 Å². The number of aliphatic hydroxyl groups excluding tert-OH is 1. The smallest absolute Gasteiger partial charge is 0.248 e. The van der Waals surface area contributed by atoms with Gasteiger partial charge in [-0.25, -0.2) is 8.42 Å². The Kier molecular flexibility index (Phi) is 8.37. The van der Waals surface area contributed by atoms with Crippen LogP contribution < -0.4 is 0 Å². The molecule has 1 aromatic rings. The van der Waals surface area contributed by atoms with Crippen molar-refractivity contribution >= 4 is 44.6 Å². The van der Waals surface area contributed by atoms with Gasteiger partial charge >= 0.3 is 0 Å². The zero-order chi connectivity index (χ0) is 22.6. The third kappa shape index (κ3) is 6.41. The molecular weight excluding hydrogens is 464 g/mol. The highest BCUT2D eigenvalue weighted by molar-refractivity contribution is 7.91. The van der Waals surface area contributed by atoms with Gasteiger partial charge in [-0.1, -0.05) is 11.6 Å². The molecule has 3 heterocycles. The van der Waals surface area contributed by atoms with Crippen LogP contribution in [0.5, 0.6) is 0 Å². The van der Waals surface area contributed by atoms with Gasteiger partial charge in [0.15, 0.2) is 9.84 Å². The van der Waals surface area contributed by atoms with E-state index in [1.165, 1.54) is 23.2 Å². The fraction of sp³-hybridized carbons (Fsp3) is 0.700. The predicted molar refractivity (Wildman–Crippen MR) is 119 cm³/mol. The average molecular weight is 493 g/mol. The highest BCUT2D eigenvalue weighted by atomic mass is 35.5. The number of likely N-dealkylation sites (tertiary alicyclic amines) is 1. The second-order valence-corrected chi connectivity index (χ2v) is 12.1. The highest BCUT2D eigenvalue weighted by Gasteiger charge is 2.42. The maximum Gasteiger partial charge on any atom is 0.248 e. The first-order valence-electron chi connectivity index (χ1n) is 10.5. The number of hydrogen-bond donors (Lipinski definition) is 1. The molecule has 1 aromatic heterocycles. The Labute approximate surface area is 192 Å². The highest BCUT2D eigenvalue weighted by Crippen LogP contribution is 2.27. The molecule has 0 aliphatic carbocycles. The molecule has 1 unspecified atom stereocenters. The lowest BCUT2D eigenvalue weighted by atomic mass is 10.1. The maximum atomic E-state index is 12.9. The summed E-state index contributed by atoms with van der Waals surface area (Å²) < 4.78 is 30.8. The van der Waals surface area contributed by atoms with Crippen LogP contribution in [0.2, 0.25) is 4.34 Å². The van der Waals surface area contributed by atoms with Crippen LogP contribution >= 0.6 is 22.9 Å². The van der Waals surface area contributed by atoms with Gasteiger partial charge in [0.1, 0.15) is 6.04 Å². The molecule has 2 aliphatic rings. The summed E-state index contributed by atoms with van der Waals surface area (Å²) in [6.45, 7) is 3.57. The lowest BCUT2D eigenvalue weighted by molar-refractivity contribution is -0.151. The van der Waals surface area contributed by atoms with Crippen molar-refractivity contribution in [3.05, 3.63) is 21.3 Å². The van der Waals surface area contributed by atoms with Crippen LogP contribution in [-0.4, -0.2) is 91.6 Å². The van der Waals surface area contributed by atoms with Gasteiger partial charge in [0.2, 0.25) is 11.8 Å². The van der Waals surface area contributed by atoms with Crippen LogP contribution in [0.4, 0.5) is 0 Å². The summed E-state index contributed by atoms with van der Waals surface area (Å²) in [6, 6.07) is 2.62. The molecule has 1 N–H and O–H groups in total. The van der Waals surface area contributed by atoms with Gasteiger partial charge in [0.25, 0.3) is 0 Å². The van der Waals surface area contributed by atoms with Crippen molar-refractivity contribution in [2.24, 2.45) is 5.92 Å². The normalized spacial score (nSPS) is 22.0. The molecule has 8 nitrogen and oxygen atoms in total. The minimum atomic E-state index is -3.31. The SMILES string of the molecule is CC(O)[C@@H](C(=O)N1CCOCC1)N1CC[C@H](CCS(=O)(=O)CCc2ccc(Cl)s2)C1=O. The number of rotatable bonds is 9. The number of aryl methyl sites for hydroxylation is 1. The van der Waals surface area contributed by atoms with Gasteiger partial charge < -0.3 is 19.6 Å². The second kappa shape index (κ2) is 10.6. The monoisotopic (exact) mass is 492 g/mol. The van der Waals surface area contributed by atoms with Crippen molar-refractivity contribution in [2.75, 3.05) is 44.4 Å². The lowest BCUT2D eigenvalue weighted by Gasteiger charge is -2.35. The summed E-state index contributed by atoms with van der Waals surface area (Å²) in [5.74, 6) is -1.06. The van der Waals surface area contributed by atoms with Gasteiger partial charge in [0, 0.05) is 30.4 Å². The zero-order valence-electron chi connectivity index (χ0n) is 17.5. The summed E-state index contributed by atoms with van der Waals surface area (Å²) in [7, 11) is -3.31. The van der Waals surface area contributed by atoms with Gasteiger partial charge in [-0.05, 0) is 38.3 Å². The number of hydrogen-bond acceptors (Lipinski definition) is 7. The number of halogens is 1. The van der Waals surface area contributed by atoms with Crippen LogP contribution in [0.3, 0.4) is 0 Å². The number of nitrogens with zero attached hydrogens (tertiary/aromatic N) is 2. The first-order chi connectivity index (χ1) is 14.7.